The third kappa shape index (κ3) is 5.79. The maximum atomic E-state index is 11.4. The van der Waals surface area contributed by atoms with Crippen LogP contribution in [-0.4, -0.2) is 17.0 Å². The Bertz CT molecular complexity index is 1090. The molecule has 1 heterocycles. The van der Waals surface area contributed by atoms with Crippen LogP contribution < -0.4 is 23.4 Å². The Hall–Kier alpha value is -3.42. The molecule has 0 aliphatic rings. The molecule has 2 aromatic carbocycles. The number of rotatable bonds is 4. The predicted octanol–water partition coefficient (Wildman–Crippen LogP) is -0.242. The minimum atomic E-state index is -4.94. The van der Waals surface area contributed by atoms with Gasteiger partial charge in [-0.25, -0.2) is 23.1 Å². The first kappa shape index (κ1) is 22.9. The summed E-state index contributed by atoms with van der Waals surface area (Å²) in [6, 6.07) is 10.6. The van der Waals surface area contributed by atoms with E-state index >= 15 is 0 Å². The highest BCUT2D eigenvalue weighted by atomic mass is 35.7. The van der Waals surface area contributed by atoms with E-state index in [1.165, 1.54) is 19.2 Å². The molecule has 12 nitrogen and oxygen atoms in total. The second kappa shape index (κ2) is 8.94. The van der Waals surface area contributed by atoms with E-state index < -0.39 is 20.1 Å². The number of nitro groups is 2. The number of non-ortho nitro benzene ring substituents is 2. The van der Waals surface area contributed by atoms with Crippen molar-refractivity contribution in [2.45, 2.75) is 6.92 Å². The van der Waals surface area contributed by atoms with E-state index in [0.29, 0.717) is 28.2 Å². The van der Waals surface area contributed by atoms with Crippen molar-refractivity contribution in [2.24, 2.45) is 0 Å². The zero-order valence-electron chi connectivity index (χ0n) is 15.4. The van der Waals surface area contributed by atoms with Gasteiger partial charge < -0.3 is 4.74 Å². The summed E-state index contributed by atoms with van der Waals surface area (Å²) in [7, 11) is -3.41. The number of fused-ring (bicyclic) bond motifs is 1. The summed E-state index contributed by atoms with van der Waals surface area (Å²) < 4.78 is 44.8. The van der Waals surface area contributed by atoms with Crippen molar-refractivity contribution < 1.29 is 47.9 Å². The molecule has 0 aliphatic carbocycles. The van der Waals surface area contributed by atoms with Crippen LogP contribution in [0.15, 0.2) is 46.9 Å². The highest BCUT2D eigenvalue weighted by molar-refractivity contribution is 6.00. The van der Waals surface area contributed by atoms with Crippen LogP contribution in [0.25, 0.3) is 22.1 Å². The lowest BCUT2D eigenvalue weighted by Gasteiger charge is -2.17. The minimum absolute atomic E-state index is 0.283. The number of hydrogen-bond donors (Lipinski definition) is 0. The van der Waals surface area contributed by atoms with Gasteiger partial charge in [-0.3, -0.25) is 20.2 Å². The zero-order valence-corrected chi connectivity index (χ0v) is 16.2. The Morgan fingerprint density at radius 1 is 0.900 bits per heavy atom. The van der Waals surface area contributed by atoms with E-state index in [-0.39, 0.29) is 16.8 Å². The van der Waals surface area contributed by atoms with Gasteiger partial charge in [0.15, 0.2) is 0 Å². The van der Waals surface area contributed by atoms with Crippen molar-refractivity contribution in [1.82, 2.24) is 0 Å². The van der Waals surface area contributed by atoms with Crippen molar-refractivity contribution in [3.63, 3.8) is 0 Å². The largest absolute Gasteiger partial charge is 0.497 e. The average molecular weight is 441 g/mol. The van der Waals surface area contributed by atoms with Gasteiger partial charge >= 0.3 is 11.5 Å². The molecule has 0 atom stereocenters. The molecular formula is C17H13ClN2O10. The molecule has 158 valence electrons. The lowest BCUT2D eigenvalue weighted by Crippen LogP contribution is -2.68. The van der Waals surface area contributed by atoms with Gasteiger partial charge in [-0.05, 0) is 24.3 Å². The number of aryl methyl sites for hydroxylation is 1. The van der Waals surface area contributed by atoms with Crippen LogP contribution in [0.1, 0.15) is 5.76 Å². The fraction of sp³-hybridized carbons (Fsp3) is 0.118. The molecule has 0 radical (unpaired) electrons. The third-order valence-electron chi connectivity index (χ3n) is 3.76. The molecule has 0 N–H and O–H groups in total. The summed E-state index contributed by atoms with van der Waals surface area (Å²) in [5.74, 6) is 1.41. The normalized spacial score (nSPS) is 10.9. The van der Waals surface area contributed by atoms with Crippen LogP contribution in [0.5, 0.6) is 5.75 Å². The summed E-state index contributed by atoms with van der Waals surface area (Å²) in [6.07, 6.45) is 0. The molecule has 30 heavy (non-hydrogen) atoms. The van der Waals surface area contributed by atoms with Crippen molar-refractivity contribution in [3.05, 3.63) is 68.5 Å². The summed E-state index contributed by atoms with van der Waals surface area (Å²) in [4.78, 5) is 21.2. The van der Waals surface area contributed by atoms with Gasteiger partial charge in [-0.15, -0.1) is 10.2 Å². The minimum Gasteiger partial charge on any atom is -0.497 e. The smallest absolute Gasteiger partial charge is 0.368 e. The van der Waals surface area contributed by atoms with E-state index in [1.54, 1.807) is 31.2 Å². The van der Waals surface area contributed by atoms with Crippen LogP contribution in [0.3, 0.4) is 0 Å². The van der Waals surface area contributed by atoms with Crippen LogP contribution in [0, 0.1) is 37.4 Å². The van der Waals surface area contributed by atoms with Gasteiger partial charge in [0.2, 0.25) is 0 Å². The third-order valence-corrected chi connectivity index (χ3v) is 3.76. The molecule has 1 aromatic heterocycles. The van der Waals surface area contributed by atoms with Gasteiger partial charge in [0, 0.05) is 6.07 Å². The molecule has 0 saturated carbocycles. The Morgan fingerprint density at radius 3 is 1.93 bits per heavy atom. The molecule has 0 bridgehead atoms. The van der Waals surface area contributed by atoms with E-state index in [2.05, 4.69) is 0 Å². The summed E-state index contributed by atoms with van der Waals surface area (Å²) in [5, 5.41) is 23.1. The van der Waals surface area contributed by atoms with Crippen LogP contribution in [-0.2, 0) is 0 Å². The lowest BCUT2D eigenvalue weighted by molar-refractivity contribution is -2.00. The Balaban J connectivity index is 0.000000575. The van der Waals surface area contributed by atoms with Crippen molar-refractivity contribution in [1.29, 1.82) is 0 Å². The second-order valence-electron chi connectivity index (χ2n) is 5.73. The molecule has 3 aromatic rings. The predicted molar refractivity (Wildman–Crippen MR) is 90.7 cm³/mol. The molecule has 0 spiro atoms. The maximum absolute atomic E-state index is 11.4. The molecule has 0 saturated heterocycles. The number of methoxy groups -OCH3 is 1. The van der Waals surface area contributed by atoms with Gasteiger partial charge in [0.1, 0.15) is 11.1 Å². The number of nitrogens with zero attached hydrogens (tertiary/aromatic N) is 2. The van der Waals surface area contributed by atoms with Gasteiger partial charge in [0.05, 0.1) is 47.0 Å². The first-order chi connectivity index (χ1) is 13.9. The quantitative estimate of drug-likeness (QED) is 0.296. The fourth-order valence-corrected chi connectivity index (χ4v) is 2.62. The van der Waals surface area contributed by atoms with E-state index in [9.17, 15) is 20.2 Å². The van der Waals surface area contributed by atoms with Gasteiger partial charge in [-0.2, -0.15) is 0 Å². The van der Waals surface area contributed by atoms with E-state index in [0.717, 1.165) is 6.07 Å². The Morgan fingerprint density at radius 2 is 1.47 bits per heavy atom. The Labute approximate surface area is 170 Å². The highest BCUT2D eigenvalue weighted by Gasteiger charge is 2.28. The summed E-state index contributed by atoms with van der Waals surface area (Å²) in [5.41, 5.74) is -0.0739. The highest BCUT2D eigenvalue weighted by Crippen LogP contribution is 2.38. The number of nitro benzene ring substituents is 2. The molecule has 0 unspecified atom stereocenters. The van der Waals surface area contributed by atoms with Gasteiger partial charge in [0.25, 0.3) is 11.4 Å². The zero-order chi connectivity index (χ0) is 22.6. The van der Waals surface area contributed by atoms with Crippen LogP contribution in [0.2, 0.25) is 0 Å². The van der Waals surface area contributed by atoms with Gasteiger partial charge in [-0.1, -0.05) is 0 Å². The van der Waals surface area contributed by atoms with Crippen LogP contribution >= 0.6 is 0 Å². The second-order valence-corrected chi connectivity index (χ2v) is 6.49. The van der Waals surface area contributed by atoms with E-state index in [1.807, 2.05) is 0 Å². The maximum Gasteiger partial charge on any atom is 0.368 e. The number of ether oxygens (including phenoxy) is 1. The van der Waals surface area contributed by atoms with Crippen LogP contribution in [0.4, 0.5) is 11.4 Å². The summed E-state index contributed by atoms with van der Waals surface area (Å²) >= 11 is 0. The van der Waals surface area contributed by atoms with Crippen molar-refractivity contribution in [3.8, 4) is 17.1 Å². The first-order valence-corrected chi connectivity index (χ1v) is 9.10. The molecule has 13 heteroatoms. The summed E-state index contributed by atoms with van der Waals surface area (Å²) in [6.45, 7) is 1.66. The molecular weight excluding hydrogens is 428 g/mol. The molecule has 0 fully saturated rings. The topological polar surface area (TPSA) is 199 Å². The molecule has 0 amide bonds. The molecule has 0 aliphatic heterocycles. The average Bonchev–Trinajstić information content (AvgIpc) is 2.65. The Kier molecular flexibility index (Phi) is 6.81. The SMILES string of the molecule is COc1ccc(-c2[o+]c(C)cc3c([N+](=O)[O-])cc([N+](=O)[O-])cc23)cc1.[O-][Cl+3]([O-])([O-])[O-]. The molecule has 3 rings (SSSR count). The van der Waals surface area contributed by atoms with Crippen molar-refractivity contribution in [2.75, 3.05) is 7.11 Å². The lowest BCUT2D eigenvalue weighted by atomic mass is 10.0. The van der Waals surface area contributed by atoms with E-state index in [4.69, 9.17) is 27.8 Å². The monoisotopic (exact) mass is 440 g/mol. The standard InChI is InChI=1S/C17H13N2O6.ClHO4/c1-10-7-14-15(8-12(18(20)21)9-16(14)19(22)23)17(25-10)11-3-5-13(24-2)6-4-11;2-1(3,4)5/h3-9H,1-2H3;(H,2,3,4,5)/q+1;/p-1. The number of hydrogen-bond acceptors (Lipinski definition) is 9. The first-order valence-electron chi connectivity index (χ1n) is 7.87. The number of benzene rings is 2. The van der Waals surface area contributed by atoms with Crippen molar-refractivity contribution >= 4 is 22.1 Å². The fourth-order valence-electron chi connectivity index (χ4n) is 2.62. The number of halogens is 1.